The minimum Gasteiger partial charge on any atom is -0.476 e. The van der Waals surface area contributed by atoms with E-state index in [1.807, 2.05) is 60.7 Å². The summed E-state index contributed by atoms with van der Waals surface area (Å²) in [6.07, 6.45) is -0.691. The van der Waals surface area contributed by atoms with Crippen LogP contribution in [-0.2, 0) is 27.6 Å². The van der Waals surface area contributed by atoms with Crippen molar-refractivity contribution < 1.29 is 24.3 Å². The smallest absolute Gasteiger partial charge is 0.413 e. The molecule has 0 atom stereocenters. The molecular weight excluding hydrogens is 394 g/mol. The molecule has 0 saturated heterocycles. The van der Waals surface area contributed by atoms with E-state index in [2.05, 4.69) is 15.5 Å². The van der Waals surface area contributed by atoms with Crippen LogP contribution in [0.3, 0.4) is 0 Å². The number of carbonyl (C=O) groups is 2. The highest BCUT2D eigenvalue weighted by molar-refractivity contribution is 7.14. The molecule has 0 spiro atoms. The van der Waals surface area contributed by atoms with Crippen LogP contribution in [0, 0.1) is 0 Å². The Kier molecular flexibility index (Phi) is 6.90. The van der Waals surface area contributed by atoms with Gasteiger partial charge in [-0.15, -0.1) is 11.3 Å². The molecule has 0 aliphatic carbocycles. The molecule has 1 amide bonds. The molecule has 9 heteroatoms. The van der Waals surface area contributed by atoms with Crippen molar-refractivity contribution in [3.8, 4) is 0 Å². The molecule has 0 bridgehead atoms. The normalized spacial score (nSPS) is 11.0. The van der Waals surface area contributed by atoms with Gasteiger partial charge in [-0.1, -0.05) is 65.8 Å². The number of hydrogen-bond donors (Lipinski definition) is 2. The topological polar surface area (TPSA) is 110 Å². The second kappa shape index (κ2) is 10.00. The summed E-state index contributed by atoms with van der Waals surface area (Å²) >= 11 is 1.05. The largest absolute Gasteiger partial charge is 0.476 e. The van der Waals surface area contributed by atoms with E-state index in [1.165, 1.54) is 5.38 Å². The van der Waals surface area contributed by atoms with Gasteiger partial charge in [0.2, 0.25) is 5.71 Å². The first kappa shape index (κ1) is 20.0. The van der Waals surface area contributed by atoms with Gasteiger partial charge in [0.15, 0.2) is 5.13 Å². The Morgan fingerprint density at radius 3 is 2.24 bits per heavy atom. The molecule has 2 N–H and O–H groups in total. The molecule has 1 aromatic heterocycles. The van der Waals surface area contributed by atoms with Crippen LogP contribution in [0.15, 0.2) is 71.2 Å². The number of thiazole rings is 1. The third kappa shape index (κ3) is 6.15. The summed E-state index contributed by atoms with van der Waals surface area (Å²) < 4.78 is 5.11. The highest BCUT2D eigenvalue weighted by Gasteiger charge is 2.18. The Labute approximate surface area is 170 Å². The zero-order chi connectivity index (χ0) is 20.5. The summed E-state index contributed by atoms with van der Waals surface area (Å²) in [4.78, 5) is 32.6. The Bertz CT molecular complexity index is 990. The summed E-state index contributed by atoms with van der Waals surface area (Å²) in [6.45, 7) is 0.235. The number of carbonyl (C=O) groups excluding carboxylic acids is 1. The van der Waals surface area contributed by atoms with Gasteiger partial charge in [0.1, 0.15) is 18.9 Å². The number of nitrogens with zero attached hydrogens (tertiary/aromatic N) is 2. The first-order valence-electron chi connectivity index (χ1n) is 8.52. The number of carboxylic acids is 1. The van der Waals surface area contributed by atoms with Crippen LogP contribution in [0.1, 0.15) is 16.8 Å². The molecular formula is C20H17N3O5S. The highest BCUT2D eigenvalue weighted by atomic mass is 32.1. The average molecular weight is 411 g/mol. The summed E-state index contributed by atoms with van der Waals surface area (Å²) in [7, 11) is 0. The van der Waals surface area contributed by atoms with Crippen LogP contribution in [0.5, 0.6) is 0 Å². The molecule has 2 aromatic carbocycles. The van der Waals surface area contributed by atoms with Gasteiger partial charge < -0.3 is 14.7 Å². The van der Waals surface area contributed by atoms with E-state index in [1.54, 1.807) is 0 Å². The summed E-state index contributed by atoms with van der Waals surface area (Å²) in [5.74, 6) is -1.29. The van der Waals surface area contributed by atoms with Crippen molar-refractivity contribution in [2.45, 2.75) is 13.2 Å². The SMILES string of the molecule is O=C(Nc1nc(/C(=N/OCc2ccccc2)C(=O)O)cs1)OCc1ccccc1. The lowest BCUT2D eigenvalue weighted by Crippen LogP contribution is -2.17. The fourth-order valence-corrected chi connectivity index (χ4v) is 2.91. The van der Waals surface area contributed by atoms with Gasteiger partial charge in [-0.2, -0.15) is 0 Å². The Morgan fingerprint density at radius 2 is 1.62 bits per heavy atom. The van der Waals surface area contributed by atoms with E-state index in [0.29, 0.717) is 0 Å². The second-order valence-electron chi connectivity index (χ2n) is 5.73. The maximum absolute atomic E-state index is 11.9. The van der Waals surface area contributed by atoms with Crippen molar-refractivity contribution >= 4 is 34.2 Å². The van der Waals surface area contributed by atoms with Crippen LogP contribution in [0.2, 0.25) is 0 Å². The molecule has 3 aromatic rings. The molecule has 0 aliphatic rings. The Hall–Kier alpha value is -3.72. The number of anilines is 1. The number of aromatic nitrogens is 1. The van der Waals surface area contributed by atoms with Gasteiger partial charge in [0.25, 0.3) is 0 Å². The van der Waals surface area contributed by atoms with Gasteiger partial charge in [0, 0.05) is 5.38 Å². The zero-order valence-corrected chi connectivity index (χ0v) is 16.0. The van der Waals surface area contributed by atoms with Crippen LogP contribution in [-0.4, -0.2) is 27.9 Å². The zero-order valence-electron chi connectivity index (χ0n) is 15.1. The maximum atomic E-state index is 11.9. The second-order valence-corrected chi connectivity index (χ2v) is 6.59. The number of rotatable bonds is 8. The maximum Gasteiger partial charge on any atom is 0.413 e. The predicted molar refractivity (Wildman–Crippen MR) is 108 cm³/mol. The molecule has 0 radical (unpaired) electrons. The Balaban J connectivity index is 1.57. The third-order valence-electron chi connectivity index (χ3n) is 3.60. The van der Waals surface area contributed by atoms with Gasteiger partial charge in [-0.25, -0.2) is 14.6 Å². The third-order valence-corrected chi connectivity index (χ3v) is 4.36. The average Bonchev–Trinajstić information content (AvgIpc) is 3.19. The van der Waals surface area contributed by atoms with Crippen molar-refractivity contribution in [3.63, 3.8) is 0 Å². The molecule has 3 rings (SSSR count). The van der Waals surface area contributed by atoms with Crippen molar-refractivity contribution in [2.75, 3.05) is 5.32 Å². The van der Waals surface area contributed by atoms with Crippen LogP contribution >= 0.6 is 11.3 Å². The highest BCUT2D eigenvalue weighted by Crippen LogP contribution is 2.17. The monoisotopic (exact) mass is 411 g/mol. The number of aliphatic carboxylic acids is 1. The molecule has 29 heavy (non-hydrogen) atoms. The fraction of sp³-hybridized carbons (Fsp3) is 0.100. The first-order valence-corrected chi connectivity index (χ1v) is 9.40. The first-order chi connectivity index (χ1) is 14.1. The van der Waals surface area contributed by atoms with Gasteiger partial charge in [0.05, 0.1) is 0 Å². The predicted octanol–water partition coefficient (Wildman–Crippen LogP) is 3.90. The lowest BCUT2D eigenvalue weighted by atomic mass is 10.2. The lowest BCUT2D eigenvalue weighted by molar-refractivity contribution is -0.129. The quantitative estimate of drug-likeness (QED) is 0.430. The van der Waals surface area contributed by atoms with Crippen LogP contribution < -0.4 is 5.32 Å². The molecule has 8 nitrogen and oxygen atoms in total. The summed E-state index contributed by atoms with van der Waals surface area (Å²) in [6, 6.07) is 18.4. The van der Waals surface area contributed by atoms with E-state index < -0.39 is 12.1 Å². The Morgan fingerprint density at radius 1 is 1.00 bits per heavy atom. The lowest BCUT2D eigenvalue weighted by Gasteiger charge is -2.04. The van der Waals surface area contributed by atoms with E-state index >= 15 is 0 Å². The minimum absolute atomic E-state index is 0.0777. The molecule has 0 aliphatic heterocycles. The van der Waals surface area contributed by atoms with Gasteiger partial charge in [-0.05, 0) is 11.1 Å². The number of benzene rings is 2. The van der Waals surface area contributed by atoms with Crippen LogP contribution in [0.25, 0.3) is 0 Å². The van der Waals surface area contributed by atoms with Crippen LogP contribution in [0.4, 0.5) is 9.93 Å². The summed E-state index contributed by atoms with van der Waals surface area (Å²) in [5.41, 5.74) is 1.41. The van der Waals surface area contributed by atoms with Gasteiger partial charge >= 0.3 is 12.1 Å². The molecule has 148 valence electrons. The van der Waals surface area contributed by atoms with Crippen molar-refractivity contribution in [1.82, 2.24) is 4.98 Å². The van der Waals surface area contributed by atoms with Gasteiger partial charge in [-0.3, -0.25) is 5.32 Å². The number of amides is 1. The number of oxime groups is 1. The molecule has 0 fully saturated rings. The van der Waals surface area contributed by atoms with Crippen molar-refractivity contribution in [1.29, 1.82) is 0 Å². The van der Waals surface area contributed by atoms with E-state index in [-0.39, 0.29) is 29.8 Å². The molecule has 0 saturated carbocycles. The summed E-state index contributed by atoms with van der Waals surface area (Å²) in [5, 5.41) is 17.2. The number of carboxylic acid groups (broad SMARTS) is 1. The van der Waals surface area contributed by atoms with Crippen molar-refractivity contribution in [3.05, 3.63) is 82.9 Å². The fourth-order valence-electron chi connectivity index (χ4n) is 2.23. The number of hydrogen-bond acceptors (Lipinski definition) is 7. The molecule has 0 unspecified atom stereocenters. The molecule has 1 heterocycles. The van der Waals surface area contributed by atoms with E-state index in [9.17, 15) is 14.7 Å². The standard InChI is InChI=1S/C20H17N3O5S/c24-18(25)17(23-28-12-15-9-5-2-6-10-15)16-13-29-19(21-16)22-20(26)27-11-14-7-3-1-4-8-14/h1-10,13H,11-12H2,(H,24,25)(H,21,22,26)/b23-17-. The van der Waals surface area contributed by atoms with E-state index in [0.717, 1.165) is 22.5 Å². The number of ether oxygens (including phenoxy) is 1. The van der Waals surface area contributed by atoms with Crippen molar-refractivity contribution in [2.24, 2.45) is 5.16 Å². The van der Waals surface area contributed by atoms with E-state index in [4.69, 9.17) is 9.57 Å². The minimum atomic E-state index is -1.29. The number of nitrogens with one attached hydrogen (secondary N) is 1.